The molecule has 0 spiro atoms. The van der Waals surface area contributed by atoms with Crippen molar-refractivity contribution in [3.63, 3.8) is 0 Å². The van der Waals surface area contributed by atoms with Gasteiger partial charge in [-0.3, -0.25) is 14.4 Å². The average Bonchev–Trinajstić information content (AvgIpc) is 2.72. The van der Waals surface area contributed by atoms with E-state index in [0.717, 1.165) is 5.56 Å². The summed E-state index contributed by atoms with van der Waals surface area (Å²) in [6.45, 7) is 1.54. The minimum absolute atomic E-state index is 0.245. The third-order valence-electron chi connectivity index (χ3n) is 4.11. The van der Waals surface area contributed by atoms with Gasteiger partial charge in [0, 0.05) is 30.3 Å². The van der Waals surface area contributed by atoms with Gasteiger partial charge in [-0.25, -0.2) is 4.39 Å². The predicted octanol–water partition coefficient (Wildman–Crippen LogP) is 3.93. The molecule has 2 N–H and O–H groups in total. The first kappa shape index (κ1) is 20.7. The number of anilines is 1. The van der Waals surface area contributed by atoms with E-state index in [-0.39, 0.29) is 23.9 Å². The van der Waals surface area contributed by atoms with E-state index in [1.165, 1.54) is 37.3 Å². The second-order valence-corrected chi connectivity index (χ2v) is 6.47. The van der Waals surface area contributed by atoms with Crippen molar-refractivity contribution in [2.75, 3.05) is 5.32 Å². The molecule has 0 saturated heterocycles. The van der Waals surface area contributed by atoms with Crippen molar-refractivity contribution >= 4 is 23.5 Å². The maximum atomic E-state index is 13.2. The molecule has 0 aliphatic rings. The molecule has 0 aliphatic carbocycles. The number of carbonyl (C=O) groups is 3. The molecule has 152 valence electrons. The van der Waals surface area contributed by atoms with E-state index in [2.05, 4.69) is 10.6 Å². The zero-order valence-electron chi connectivity index (χ0n) is 16.1. The minimum Gasteiger partial charge on any atom is -0.427 e. The molecule has 0 fully saturated rings. The Labute approximate surface area is 172 Å². The van der Waals surface area contributed by atoms with E-state index >= 15 is 0 Å². The number of hydrogen-bond donors (Lipinski definition) is 2. The highest BCUT2D eigenvalue weighted by atomic mass is 19.1. The van der Waals surface area contributed by atoms with Crippen LogP contribution in [0.3, 0.4) is 0 Å². The molecular weight excluding hydrogens is 387 g/mol. The highest BCUT2D eigenvalue weighted by molar-refractivity contribution is 6.04. The maximum Gasteiger partial charge on any atom is 0.308 e. The molecule has 0 aliphatic heterocycles. The first-order chi connectivity index (χ1) is 14.4. The second-order valence-electron chi connectivity index (χ2n) is 6.47. The van der Waals surface area contributed by atoms with E-state index in [4.69, 9.17) is 4.74 Å². The van der Waals surface area contributed by atoms with Gasteiger partial charge in [-0.1, -0.05) is 24.3 Å². The summed E-state index contributed by atoms with van der Waals surface area (Å²) in [5.41, 5.74) is 1.97. The molecule has 0 radical (unpaired) electrons. The van der Waals surface area contributed by atoms with Gasteiger partial charge in [-0.15, -0.1) is 0 Å². The highest BCUT2D eigenvalue weighted by Crippen LogP contribution is 2.16. The number of esters is 1. The van der Waals surface area contributed by atoms with Crippen LogP contribution in [0.5, 0.6) is 5.75 Å². The number of amides is 2. The quantitative estimate of drug-likeness (QED) is 0.480. The van der Waals surface area contributed by atoms with E-state index in [1.807, 2.05) is 0 Å². The Balaban J connectivity index is 1.57. The molecule has 3 rings (SSSR count). The van der Waals surface area contributed by atoms with Gasteiger partial charge in [0.1, 0.15) is 11.6 Å². The molecule has 7 heteroatoms. The lowest BCUT2D eigenvalue weighted by atomic mass is 10.1. The third kappa shape index (κ3) is 5.75. The van der Waals surface area contributed by atoms with E-state index < -0.39 is 11.8 Å². The largest absolute Gasteiger partial charge is 0.427 e. The molecule has 0 atom stereocenters. The van der Waals surface area contributed by atoms with Crippen molar-refractivity contribution in [3.8, 4) is 5.75 Å². The van der Waals surface area contributed by atoms with Gasteiger partial charge in [-0.05, 0) is 54.1 Å². The van der Waals surface area contributed by atoms with Gasteiger partial charge >= 0.3 is 5.97 Å². The van der Waals surface area contributed by atoms with Crippen LogP contribution in [0.1, 0.15) is 33.2 Å². The number of carbonyl (C=O) groups excluding carboxylic acids is 3. The summed E-state index contributed by atoms with van der Waals surface area (Å²) in [5, 5.41) is 5.47. The summed E-state index contributed by atoms with van der Waals surface area (Å²) in [4.78, 5) is 35.5. The van der Waals surface area contributed by atoms with Gasteiger partial charge in [0.2, 0.25) is 0 Å². The maximum absolute atomic E-state index is 13.2. The number of rotatable bonds is 6. The highest BCUT2D eigenvalue weighted by Gasteiger charge is 2.09. The van der Waals surface area contributed by atoms with Crippen LogP contribution in [0.25, 0.3) is 0 Å². The van der Waals surface area contributed by atoms with E-state index in [0.29, 0.717) is 17.0 Å². The first-order valence-electron chi connectivity index (χ1n) is 9.13. The molecule has 3 aromatic carbocycles. The van der Waals surface area contributed by atoms with Crippen molar-refractivity contribution < 1.29 is 23.5 Å². The van der Waals surface area contributed by atoms with Crippen LogP contribution >= 0.6 is 0 Å². The molecule has 6 nitrogen and oxygen atoms in total. The van der Waals surface area contributed by atoms with Gasteiger partial charge in [0.15, 0.2) is 0 Å². The summed E-state index contributed by atoms with van der Waals surface area (Å²) in [6, 6.07) is 18.7. The van der Waals surface area contributed by atoms with Crippen LogP contribution in [0, 0.1) is 5.82 Å². The fourth-order valence-corrected chi connectivity index (χ4v) is 2.69. The molecule has 2 amide bonds. The second kappa shape index (κ2) is 9.47. The van der Waals surface area contributed by atoms with Crippen LogP contribution < -0.4 is 15.4 Å². The Bertz CT molecular complexity index is 1080. The lowest BCUT2D eigenvalue weighted by molar-refractivity contribution is -0.131. The monoisotopic (exact) mass is 406 g/mol. The number of ether oxygens (including phenoxy) is 1. The fourth-order valence-electron chi connectivity index (χ4n) is 2.69. The summed E-state index contributed by atoms with van der Waals surface area (Å²) >= 11 is 0. The topological polar surface area (TPSA) is 84.5 Å². The van der Waals surface area contributed by atoms with Crippen LogP contribution in [-0.4, -0.2) is 17.8 Å². The lowest BCUT2D eigenvalue weighted by Crippen LogP contribution is -2.22. The standard InChI is InChI=1S/C23H19FN2O4/c1-15(27)30-21-7-3-5-18(13-21)23(29)26-20-10-8-16(9-11-20)14-25-22(28)17-4-2-6-19(24)12-17/h2-13H,14H2,1H3,(H,25,28)(H,26,29). The summed E-state index contributed by atoms with van der Waals surface area (Å²) in [6.07, 6.45) is 0. The van der Waals surface area contributed by atoms with Gasteiger partial charge < -0.3 is 15.4 Å². The Morgan fingerprint density at radius 1 is 0.867 bits per heavy atom. The predicted molar refractivity (Wildman–Crippen MR) is 110 cm³/mol. The van der Waals surface area contributed by atoms with E-state index in [9.17, 15) is 18.8 Å². The SMILES string of the molecule is CC(=O)Oc1cccc(C(=O)Nc2ccc(CNC(=O)c3cccc(F)c3)cc2)c1. The van der Waals surface area contributed by atoms with Gasteiger partial charge in [0.25, 0.3) is 11.8 Å². The smallest absolute Gasteiger partial charge is 0.308 e. The Morgan fingerprint density at radius 2 is 1.53 bits per heavy atom. The fraction of sp³-hybridized carbons (Fsp3) is 0.0870. The molecule has 0 bridgehead atoms. The van der Waals surface area contributed by atoms with Crippen LogP contribution in [0.4, 0.5) is 10.1 Å². The summed E-state index contributed by atoms with van der Waals surface area (Å²) in [7, 11) is 0. The molecule has 0 unspecified atom stereocenters. The Hall–Kier alpha value is -4.00. The van der Waals surface area contributed by atoms with Crippen molar-refractivity contribution in [2.24, 2.45) is 0 Å². The minimum atomic E-state index is -0.471. The van der Waals surface area contributed by atoms with Crippen LogP contribution in [-0.2, 0) is 11.3 Å². The van der Waals surface area contributed by atoms with Crippen molar-refractivity contribution in [1.82, 2.24) is 5.32 Å². The summed E-state index contributed by atoms with van der Waals surface area (Å²) in [5.74, 6) is -1.37. The van der Waals surface area contributed by atoms with Crippen LogP contribution in [0.15, 0.2) is 72.8 Å². The van der Waals surface area contributed by atoms with Crippen molar-refractivity contribution in [1.29, 1.82) is 0 Å². The third-order valence-corrected chi connectivity index (χ3v) is 4.11. The van der Waals surface area contributed by atoms with Gasteiger partial charge in [0.05, 0.1) is 0 Å². The molecule has 30 heavy (non-hydrogen) atoms. The number of halogens is 1. The lowest BCUT2D eigenvalue weighted by Gasteiger charge is -2.09. The molecular formula is C23H19FN2O4. The van der Waals surface area contributed by atoms with Crippen molar-refractivity contribution in [2.45, 2.75) is 13.5 Å². The summed E-state index contributed by atoms with van der Waals surface area (Å²) < 4.78 is 18.2. The first-order valence-corrected chi connectivity index (χ1v) is 9.13. The molecule has 0 heterocycles. The number of nitrogens with one attached hydrogen (secondary N) is 2. The zero-order chi connectivity index (χ0) is 21.5. The molecule has 0 aromatic heterocycles. The Kier molecular flexibility index (Phi) is 6.54. The Morgan fingerprint density at radius 3 is 2.20 bits per heavy atom. The van der Waals surface area contributed by atoms with E-state index in [1.54, 1.807) is 42.5 Å². The van der Waals surface area contributed by atoms with Gasteiger partial charge in [-0.2, -0.15) is 0 Å². The van der Waals surface area contributed by atoms with Crippen LogP contribution in [0.2, 0.25) is 0 Å². The molecule has 0 saturated carbocycles. The number of benzene rings is 3. The van der Waals surface area contributed by atoms with Crippen molar-refractivity contribution in [3.05, 3.63) is 95.3 Å². The normalized spacial score (nSPS) is 10.2. The zero-order valence-corrected chi connectivity index (χ0v) is 16.1. The average molecular weight is 406 g/mol. The number of hydrogen-bond acceptors (Lipinski definition) is 4. The molecule has 3 aromatic rings.